The Kier molecular flexibility index (Phi) is 6.71. The second-order valence-electron chi connectivity index (χ2n) is 6.92. The molecule has 0 bridgehead atoms. The van der Waals surface area contributed by atoms with Gasteiger partial charge < -0.3 is 10.6 Å². The number of benzene rings is 3. The van der Waals surface area contributed by atoms with Crippen molar-refractivity contribution >= 4 is 33.2 Å². The third kappa shape index (κ3) is 5.49. The number of hydrogen-bond donors (Lipinski definition) is 2. The highest BCUT2D eigenvalue weighted by atomic mass is 32.2. The molecule has 3 rings (SSSR count). The quantitative estimate of drug-likeness (QED) is 0.593. The number of carbonyl (C=O) groups excluding carboxylic acids is 2. The highest BCUT2D eigenvalue weighted by Crippen LogP contribution is 2.24. The Morgan fingerprint density at radius 2 is 1.39 bits per heavy atom. The van der Waals surface area contributed by atoms with E-state index >= 15 is 0 Å². The van der Waals surface area contributed by atoms with Crippen molar-refractivity contribution in [3.63, 3.8) is 0 Å². The summed E-state index contributed by atoms with van der Waals surface area (Å²) in [6.45, 7) is 0.351. The highest BCUT2D eigenvalue weighted by molar-refractivity contribution is 7.92. The largest absolute Gasteiger partial charge is 0.348 e. The number of carbonyl (C=O) groups is 2. The summed E-state index contributed by atoms with van der Waals surface area (Å²) >= 11 is 0. The van der Waals surface area contributed by atoms with Gasteiger partial charge in [-0.1, -0.05) is 54.6 Å². The molecule has 0 spiro atoms. The van der Waals surface area contributed by atoms with Crippen molar-refractivity contribution in [1.82, 2.24) is 5.32 Å². The summed E-state index contributed by atoms with van der Waals surface area (Å²) in [5.74, 6) is -0.851. The van der Waals surface area contributed by atoms with Gasteiger partial charge in [-0.2, -0.15) is 0 Å². The molecule has 0 heterocycles. The van der Waals surface area contributed by atoms with E-state index in [0.29, 0.717) is 17.8 Å². The van der Waals surface area contributed by atoms with Gasteiger partial charge in [0.2, 0.25) is 10.0 Å². The molecule has 0 atom stereocenters. The Balaban J connectivity index is 1.81. The standard InChI is InChI=1S/C23H23N3O4S/c1-26(31(2,29)30)21-15-9-7-13-19(21)23(28)25-20-14-8-6-12-18(20)22(27)24-16-17-10-4-3-5-11-17/h3-15H,16H2,1-2H3,(H,24,27)(H,25,28). The number of nitrogens with zero attached hydrogens (tertiary/aromatic N) is 1. The molecule has 0 fully saturated rings. The van der Waals surface area contributed by atoms with Gasteiger partial charge in [-0.05, 0) is 29.8 Å². The molecule has 3 aromatic rings. The van der Waals surface area contributed by atoms with E-state index in [0.717, 1.165) is 16.1 Å². The molecule has 0 aliphatic carbocycles. The molecule has 31 heavy (non-hydrogen) atoms. The molecule has 0 saturated carbocycles. The van der Waals surface area contributed by atoms with Crippen molar-refractivity contribution < 1.29 is 18.0 Å². The van der Waals surface area contributed by atoms with Crippen LogP contribution < -0.4 is 14.9 Å². The highest BCUT2D eigenvalue weighted by Gasteiger charge is 2.21. The molecule has 8 heteroatoms. The lowest BCUT2D eigenvalue weighted by Crippen LogP contribution is -2.28. The van der Waals surface area contributed by atoms with Crippen molar-refractivity contribution in [3.05, 3.63) is 95.6 Å². The van der Waals surface area contributed by atoms with Crippen LogP contribution in [0.25, 0.3) is 0 Å². The molecule has 0 aliphatic heterocycles. The van der Waals surface area contributed by atoms with Crippen molar-refractivity contribution in [1.29, 1.82) is 0 Å². The lowest BCUT2D eigenvalue weighted by molar-refractivity contribution is 0.0951. The van der Waals surface area contributed by atoms with Crippen LogP contribution in [0, 0.1) is 0 Å². The van der Waals surface area contributed by atoms with Crippen LogP contribution in [0.4, 0.5) is 11.4 Å². The second kappa shape index (κ2) is 9.44. The first-order chi connectivity index (χ1) is 14.8. The molecule has 7 nitrogen and oxygen atoms in total. The molecule has 160 valence electrons. The van der Waals surface area contributed by atoms with Crippen LogP contribution in [-0.2, 0) is 16.6 Å². The van der Waals surface area contributed by atoms with Gasteiger partial charge in [0, 0.05) is 13.6 Å². The molecular weight excluding hydrogens is 414 g/mol. The van der Waals surface area contributed by atoms with Crippen LogP contribution in [0.1, 0.15) is 26.3 Å². The normalized spacial score (nSPS) is 10.9. The number of nitrogens with one attached hydrogen (secondary N) is 2. The first kappa shape index (κ1) is 22.0. The molecule has 2 amide bonds. The van der Waals surface area contributed by atoms with Gasteiger partial charge in [-0.15, -0.1) is 0 Å². The summed E-state index contributed by atoms with van der Waals surface area (Å²) < 4.78 is 24.9. The average Bonchev–Trinajstić information content (AvgIpc) is 2.77. The second-order valence-corrected chi connectivity index (χ2v) is 8.93. The van der Waals surface area contributed by atoms with Crippen LogP contribution in [0.15, 0.2) is 78.9 Å². The summed E-state index contributed by atoms with van der Waals surface area (Å²) in [7, 11) is -2.17. The molecule has 0 radical (unpaired) electrons. The zero-order valence-corrected chi connectivity index (χ0v) is 18.0. The minimum absolute atomic E-state index is 0.176. The Morgan fingerprint density at radius 3 is 2.06 bits per heavy atom. The smallest absolute Gasteiger partial charge is 0.257 e. The lowest BCUT2D eigenvalue weighted by atomic mass is 10.1. The summed E-state index contributed by atoms with van der Waals surface area (Å²) in [5, 5.41) is 5.57. The van der Waals surface area contributed by atoms with Gasteiger partial charge in [-0.25, -0.2) is 8.42 Å². The maximum atomic E-state index is 13.0. The van der Waals surface area contributed by atoms with E-state index in [-0.39, 0.29) is 17.2 Å². The van der Waals surface area contributed by atoms with Crippen LogP contribution in [0.3, 0.4) is 0 Å². The van der Waals surface area contributed by atoms with E-state index in [4.69, 9.17) is 0 Å². The molecule has 0 saturated heterocycles. The topological polar surface area (TPSA) is 95.6 Å². The zero-order chi connectivity index (χ0) is 22.4. The van der Waals surface area contributed by atoms with Gasteiger partial charge in [0.05, 0.1) is 28.8 Å². The predicted molar refractivity (Wildman–Crippen MR) is 122 cm³/mol. The average molecular weight is 438 g/mol. The van der Waals surface area contributed by atoms with E-state index in [9.17, 15) is 18.0 Å². The monoisotopic (exact) mass is 437 g/mol. The number of amides is 2. The van der Waals surface area contributed by atoms with E-state index in [2.05, 4.69) is 10.6 Å². The maximum absolute atomic E-state index is 13.0. The number of sulfonamides is 1. The Labute approximate surface area is 181 Å². The van der Waals surface area contributed by atoms with Gasteiger partial charge in [0.15, 0.2) is 0 Å². The van der Waals surface area contributed by atoms with Crippen molar-refractivity contribution in [2.75, 3.05) is 22.9 Å². The molecule has 2 N–H and O–H groups in total. The van der Waals surface area contributed by atoms with Crippen LogP contribution in [0.5, 0.6) is 0 Å². The van der Waals surface area contributed by atoms with Gasteiger partial charge >= 0.3 is 0 Å². The zero-order valence-electron chi connectivity index (χ0n) is 17.2. The molecule has 0 unspecified atom stereocenters. The first-order valence-electron chi connectivity index (χ1n) is 9.53. The Morgan fingerprint density at radius 1 is 0.806 bits per heavy atom. The first-order valence-corrected chi connectivity index (χ1v) is 11.4. The van der Waals surface area contributed by atoms with Crippen LogP contribution >= 0.6 is 0 Å². The van der Waals surface area contributed by atoms with Gasteiger partial charge in [0.1, 0.15) is 0 Å². The number of anilines is 2. The summed E-state index contributed by atoms with van der Waals surface area (Å²) in [4.78, 5) is 25.7. The number of hydrogen-bond acceptors (Lipinski definition) is 4. The fourth-order valence-electron chi connectivity index (χ4n) is 2.97. The fourth-order valence-corrected chi connectivity index (χ4v) is 3.49. The van der Waals surface area contributed by atoms with Gasteiger partial charge in [0.25, 0.3) is 11.8 Å². The SMILES string of the molecule is CN(c1ccccc1C(=O)Nc1ccccc1C(=O)NCc1ccccc1)S(C)(=O)=O. The van der Waals surface area contributed by atoms with E-state index in [1.54, 1.807) is 42.5 Å². The number of rotatable bonds is 7. The van der Waals surface area contributed by atoms with Crippen molar-refractivity contribution in [3.8, 4) is 0 Å². The summed E-state index contributed by atoms with van der Waals surface area (Å²) in [5.41, 5.74) is 2.01. The van der Waals surface area contributed by atoms with E-state index in [1.807, 2.05) is 30.3 Å². The third-order valence-electron chi connectivity index (χ3n) is 4.70. The maximum Gasteiger partial charge on any atom is 0.257 e. The van der Waals surface area contributed by atoms with E-state index in [1.165, 1.54) is 13.1 Å². The van der Waals surface area contributed by atoms with Crippen molar-refractivity contribution in [2.45, 2.75) is 6.54 Å². The minimum Gasteiger partial charge on any atom is -0.348 e. The number of para-hydroxylation sites is 2. The summed E-state index contributed by atoms with van der Waals surface area (Å²) in [6, 6.07) is 22.5. The molecular formula is C23H23N3O4S. The fraction of sp³-hybridized carbons (Fsp3) is 0.130. The van der Waals surface area contributed by atoms with Crippen LogP contribution in [0.2, 0.25) is 0 Å². The van der Waals surface area contributed by atoms with Gasteiger partial charge in [-0.3, -0.25) is 13.9 Å². The van der Waals surface area contributed by atoms with Crippen molar-refractivity contribution in [2.24, 2.45) is 0 Å². The predicted octanol–water partition coefficient (Wildman–Crippen LogP) is 3.26. The van der Waals surface area contributed by atoms with Crippen LogP contribution in [-0.4, -0.2) is 33.5 Å². The third-order valence-corrected chi connectivity index (χ3v) is 5.89. The Bertz CT molecular complexity index is 1190. The minimum atomic E-state index is -3.55. The molecule has 0 aliphatic rings. The molecule has 0 aromatic heterocycles. The molecule has 3 aromatic carbocycles. The lowest BCUT2D eigenvalue weighted by Gasteiger charge is -2.20. The van der Waals surface area contributed by atoms with E-state index < -0.39 is 15.9 Å². The summed E-state index contributed by atoms with van der Waals surface area (Å²) in [6.07, 6.45) is 1.06. The Hall–Kier alpha value is -3.65.